The number of aliphatic imine (C=N–C) groups is 1. The van der Waals surface area contributed by atoms with E-state index in [2.05, 4.69) is 5.32 Å². The molecule has 2 heterocycles. The summed E-state index contributed by atoms with van der Waals surface area (Å²) in [4.78, 5) is 32.1. The lowest BCUT2D eigenvalue weighted by atomic mass is 10.1. The number of hydrogen-bond acceptors (Lipinski definition) is 5. The maximum absolute atomic E-state index is 13.9. The molecular formula is C24H25F2N3O3S. The van der Waals surface area contributed by atoms with Gasteiger partial charge in [0.1, 0.15) is 16.9 Å². The first kappa shape index (κ1) is 23.4. The molecule has 0 unspecified atom stereocenters. The molecule has 6 nitrogen and oxygen atoms in total. The Kier molecular flexibility index (Phi) is 7.09. The summed E-state index contributed by atoms with van der Waals surface area (Å²) in [5.41, 5.74) is 2.73. The van der Waals surface area contributed by atoms with Crippen molar-refractivity contribution in [1.29, 1.82) is 0 Å². The second kappa shape index (κ2) is 10.0. The molecule has 174 valence electrons. The van der Waals surface area contributed by atoms with Crippen LogP contribution in [-0.4, -0.2) is 46.4 Å². The van der Waals surface area contributed by atoms with Crippen molar-refractivity contribution in [1.82, 2.24) is 4.90 Å². The van der Waals surface area contributed by atoms with Crippen LogP contribution in [0, 0.1) is 25.5 Å². The molecule has 2 saturated heterocycles. The fourth-order valence-electron chi connectivity index (χ4n) is 3.88. The third kappa shape index (κ3) is 5.59. The fraction of sp³-hybridized carbons (Fsp3) is 0.375. The molecule has 2 amide bonds. The number of nitrogens with one attached hydrogen (secondary N) is 1. The van der Waals surface area contributed by atoms with Crippen LogP contribution in [0.25, 0.3) is 0 Å². The van der Waals surface area contributed by atoms with Gasteiger partial charge in [-0.1, -0.05) is 29.5 Å². The van der Waals surface area contributed by atoms with Crippen LogP contribution in [0.5, 0.6) is 0 Å². The molecule has 2 aromatic rings. The van der Waals surface area contributed by atoms with Crippen LogP contribution in [0.15, 0.2) is 41.4 Å². The van der Waals surface area contributed by atoms with Crippen LogP contribution in [0.1, 0.15) is 30.4 Å². The Morgan fingerprint density at radius 2 is 2.06 bits per heavy atom. The monoisotopic (exact) mass is 473 g/mol. The van der Waals surface area contributed by atoms with Crippen molar-refractivity contribution < 1.29 is 23.1 Å². The number of amidine groups is 1. The van der Waals surface area contributed by atoms with Crippen LogP contribution < -0.4 is 5.32 Å². The summed E-state index contributed by atoms with van der Waals surface area (Å²) in [5, 5.41) is 2.25. The van der Waals surface area contributed by atoms with Crippen LogP contribution in [0.2, 0.25) is 0 Å². The van der Waals surface area contributed by atoms with Gasteiger partial charge in [-0.25, -0.2) is 13.8 Å². The first-order valence-electron chi connectivity index (χ1n) is 10.8. The number of carbonyl (C=O) groups is 2. The van der Waals surface area contributed by atoms with Crippen LogP contribution in [0.3, 0.4) is 0 Å². The molecule has 0 bridgehead atoms. The van der Waals surface area contributed by atoms with Gasteiger partial charge in [-0.3, -0.25) is 14.5 Å². The number of ether oxygens (including phenoxy) is 1. The number of halogens is 2. The Hall–Kier alpha value is -2.78. The summed E-state index contributed by atoms with van der Waals surface area (Å²) in [5.74, 6) is -2.36. The van der Waals surface area contributed by atoms with Crippen molar-refractivity contribution in [2.75, 3.05) is 18.5 Å². The standard InChI is InChI=1S/C24H25F2N3O3S/c1-14-5-7-19(15(2)10-14)28-24-29(13-17-4-3-9-32-17)23(31)21(33-24)12-22(30)27-20-8-6-16(25)11-18(20)26/h5-8,10-11,17,21H,3-4,9,12-13H2,1-2H3,(H,27,30)/t17-,21-/m0/s1. The second-order valence-electron chi connectivity index (χ2n) is 8.25. The van der Waals surface area contributed by atoms with Gasteiger partial charge in [-0.2, -0.15) is 0 Å². The maximum Gasteiger partial charge on any atom is 0.242 e. The topological polar surface area (TPSA) is 71.0 Å². The average molecular weight is 474 g/mol. The average Bonchev–Trinajstić information content (AvgIpc) is 3.36. The van der Waals surface area contributed by atoms with Gasteiger partial charge in [0.2, 0.25) is 11.8 Å². The highest BCUT2D eigenvalue weighted by Gasteiger charge is 2.40. The number of hydrogen-bond donors (Lipinski definition) is 1. The molecule has 1 N–H and O–H groups in total. The highest BCUT2D eigenvalue weighted by Crippen LogP contribution is 2.34. The minimum atomic E-state index is -0.870. The summed E-state index contributed by atoms with van der Waals surface area (Å²) in [6.45, 7) is 5.00. The molecule has 2 fully saturated rings. The van der Waals surface area contributed by atoms with E-state index in [1.807, 2.05) is 32.0 Å². The maximum atomic E-state index is 13.9. The van der Waals surface area contributed by atoms with Crippen molar-refractivity contribution in [2.24, 2.45) is 4.99 Å². The number of nitrogens with zero attached hydrogens (tertiary/aromatic N) is 2. The van der Waals surface area contributed by atoms with E-state index in [9.17, 15) is 18.4 Å². The second-order valence-corrected chi connectivity index (χ2v) is 9.42. The quantitative estimate of drug-likeness (QED) is 0.659. The SMILES string of the molecule is Cc1ccc(N=C2S[C@@H](CC(=O)Nc3ccc(F)cc3F)C(=O)N2C[C@@H]2CCCO2)c(C)c1. The Morgan fingerprint density at radius 3 is 2.76 bits per heavy atom. The third-order valence-electron chi connectivity index (χ3n) is 5.57. The van der Waals surface area contributed by atoms with Gasteiger partial charge < -0.3 is 10.1 Å². The minimum absolute atomic E-state index is 0.0697. The molecular weight excluding hydrogens is 448 g/mol. The molecule has 0 spiro atoms. The number of carbonyl (C=O) groups excluding carboxylic acids is 2. The van der Waals surface area contributed by atoms with Crippen molar-refractivity contribution in [3.63, 3.8) is 0 Å². The first-order valence-corrected chi connectivity index (χ1v) is 11.7. The van der Waals surface area contributed by atoms with E-state index >= 15 is 0 Å². The molecule has 0 aromatic heterocycles. The van der Waals surface area contributed by atoms with E-state index in [0.717, 1.165) is 41.8 Å². The van der Waals surface area contributed by atoms with Crippen molar-refractivity contribution in [2.45, 2.75) is 44.5 Å². The van der Waals surface area contributed by atoms with Crippen LogP contribution in [0.4, 0.5) is 20.2 Å². The normalized spacial score (nSPS) is 21.8. The van der Waals surface area contributed by atoms with E-state index in [1.54, 1.807) is 4.90 Å². The van der Waals surface area contributed by atoms with Gasteiger partial charge in [0.05, 0.1) is 24.0 Å². The van der Waals surface area contributed by atoms with Gasteiger partial charge in [0.15, 0.2) is 5.17 Å². The van der Waals surface area contributed by atoms with Gasteiger partial charge in [0.25, 0.3) is 0 Å². The number of thioether (sulfide) groups is 1. The molecule has 2 atom stereocenters. The number of benzene rings is 2. The molecule has 0 aliphatic carbocycles. The summed E-state index contributed by atoms with van der Waals surface area (Å²) >= 11 is 1.22. The molecule has 2 aliphatic heterocycles. The molecule has 0 saturated carbocycles. The number of amides is 2. The van der Waals surface area contributed by atoms with Crippen molar-refractivity contribution in [3.8, 4) is 0 Å². The van der Waals surface area contributed by atoms with Gasteiger partial charge in [-0.05, 0) is 50.5 Å². The Labute approximate surface area is 195 Å². The highest BCUT2D eigenvalue weighted by molar-refractivity contribution is 8.15. The van der Waals surface area contributed by atoms with Gasteiger partial charge in [0, 0.05) is 19.1 Å². The number of rotatable bonds is 6. The fourth-order valence-corrected chi connectivity index (χ4v) is 5.04. The number of anilines is 1. The van der Waals surface area contributed by atoms with Crippen molar-refractivity contribution in [3.05, 3.63) is 59.2 Å². The molecule has 4 rings (SSSR count). The molecule has 0 radical (unpaired) electrons. The first-order chi connectivity index (χ1) is 15.8. The summed E-state index contributed by atoms with van der Waals surface area (Å²) in [6, 6.07) is 8.80. The van der Waals surface area contributed by atoms with Crippen LogP contribution in [-0.2, 0) is 14.3 Å². The number of aryl methyl sites for hydroxylation is 2. The van der Waals surface area contributed by atoms with Crippen molar-refractivity contribution >= 4 is 40.1 Å². The van der Waals surface area contributed by atoms with E-state index in [1.165, 1.54) is 11.8 Å². The lowest BCUT2D eigenvalue weighted by Gasteiger charge is -2.20. The largest absolute Gasteiger partial charge is 0.376 e. The zero-order valence-corrected chi connectivity index (χ0v) is 19.3. The summed E-state index contributed by atoms with van der Waals surface area (Å²) in [7, 11) is 0. The van der Waals surface area contributed by atoms with E-state index in [4.69, 9.17) is 9.73 Å². The lowest BCUT2D eigenvalue weighted by Crippen LogP contribution is -2.38. The molecule has 2 aromatic carbocycles. The van der Waals surface area contributed by atoms with E-state index in [0.29, 0.717) is 24.4 Å². The predicted octanol–water partition coefficient (Wildman–Crippen LogP) is 4.72. The zero-order chi connectivity index (χ0) is 23.5. The molecule has 9 heteroatoms. The molecule has 2 aliphatic rings. The lowest BCUT2D eigenvalue weighted by molar-refractivity contribution is -0.129. The predicted molar refractivity (Wildman–Crippen MR) is 125 cm³/mol. The summed E-state index contributed by atoms with van der Waals surface area (Å²) < 4.78 is 32.7. The Balaban J connectivity index is 1.53. The van der Waals surface area contributed by atoms with E-state index < -0.39 is 22.8 Å². The van der Waals surface area contributed by atoms with Gasteiger partial charge in [-0.15, -0.1) is 0 Å². The highest BCUT2D eigenvalue weighted by atomic mass is 32.2. The zero-order valence-electron chi connectivity index (χ0n) is 18.4. The smallest absolute Gasteiger partial charge is 0.242 e. The third-order valence-corrected chi connectivity index (χ3v) is 6.75. The Morgan fingerprint density at radius 1 is 1.24 bits per heavy atom. The molecule has 33 heavy (non-hydrogen) atoms. The summed E-state index contributed by atoms with van der Waals surface area (Å²) in [6.07, 6.45) is 1.58. The minimum Gasteiger partial charge on any atom is -0.376 e. The van der Waals surface area contributed by atoms with Gasteiger partial charge >= 0.3 is 0 Å². The Bertz CT molecular complexity index is 1100. The van der Waals surface area contributed by atoms with E-state index in [-0.39, 0.29) is 24.1 Å². The van der Waals surface area contributed by atoms with Crippen LogP contribution >= 0.6 is 11.8 Å².